The first-order valence-electron chi connectivity index (χ1n) is 7.49. The zero-order chi connectivity index (χ0) is 15.4. The highest BCUT2D eigenvalue weighted by molar-refractivity contribution is 9.10. The van der Waals surface area contributed by atoms with Gasteiger partial charge in [0.05, 0.1) is 13.2 Å². The van der Waals surface area contributed by atoms with Crippen LogP contribution in [0.25, 0.3) is 11.1 Å². The molecule has 1 aliphatic heterocycles. The van der Waals surface area contributed by atoms with Crippen LogP contribution in [0.5, 0.6) is 0 Å². The van der Waals surface area contributed by atoms with E-state index in [4.69, 9.17) is 4.74 Å². The van der Waals surface area contributed by atoms with E-state index in [-0.39, 0.29) is 5.56 Å². The molecular formula is C17H19BrN2O2. The molecule has 2 aromatic rings. The maximum atomic E-state index is 12.2. The number of aromatic nitrogens is 1. The number of halogens is 1. The van der Waals surface area contributed by atoms with Crippen molar-refractivity contribution in [2.45, 2.75) is 6.54 Å². The molecule has 2 heterocycles. The van der Waals surface area contributed by atoms with Crippen molar-refractivity contribution >= 4 is 15.9 Å². The maximum absolute atomic E-state index is 12.2. The van der Waals surface area contributed by atoms with Crippen LogP contribution < -0.4 is 5.56 Å². The zero-order valence-electron chi connectivity index (χ0n) is 12.4. The second-order valence-electron chi connectivity index (χ2n) is 5.39. The molecule has 1 saturated heterocycles. The number of hydrogen-bond acceptors (Lipinski definition) is 3. The Bertz CT molecular complexity index is 679. The minimum atomic E-state index is 0.0276. The normalized spacial score (nSPS) is 15.9. The summed E-state index contributed by atoms with van der Waals surface area (Å²) in [6.45, 7) is 5.02. The van der Waals surface area contributed by atoms with Crippen LogP contribution in [-0.2, 0) is 11.3 Å². The lowest BCUT2D eigenvalue weighted by Crippen LogP contribution is -2.39. The van der Waals surface area contributed by atoms with Gasteiger partial charge < -0.3 is 9.30 Å². The summed E-state index contributed by atoms with van der Waals surface area (Å²) < 4.78 is 7.99. The van der Waals surface area contributed by atoms with Crippen molar-refractivity contribution in [1.29, 1.82) is 0 Å². The molecule has 0 aliphatic carbocycles. The van der Waals surface area contributed by atoms with E-state index in [0.717, 1.165) is 48.4 Å². The third kappa shape index (κ3) is 3.66. The Morgan fingerprint density at radius 3 is 2.55 bits per heavy atom. The van der Waals surface area contributed by atoms with Gasteiger partial charge in [0, 0.05) is 48.5 Å². The van der Waals surface area contributed by atoms with Crippen molar-refractivity contribution in [3.8, 4) is 11.1 Å². The van der Waals surface area contributed by atoms with Crippen LogP contribution in [0.3, 0.4) is 0 Å². The van der Waals surface area contributed by atoms with Gasteiger partial charge in [0.1, 0.15) is 0 Å². The smallest absolute Gasteiger partial charge is 0.251 e. The highest BCUT2D eigenvalue weighted by Gasteiger charge is 2.11. The lowest BCUT2D eigenvalue weighted by molar-refractivity contribution is 0.0363. The first-order chi connectivity index (χ1) is 10.7. The second kappa shape index (κ2) is 7.22. The Hall–Kier alpha value is -1.43. The SMILES string of the molecule is O=c1cc(Br)c(-c2ccccc2)cn1CCN1CCOCC1. The number of morpholine rings is 1. The lowest BCUT2D eigenvalue weighted by Gasteiger charge is -2.26. The van der Waals surface area contributed by atoms with Gasteiger partial charge in [-0.05, 0) is 21.5 Å². The minimum Gasteiger partial charge on any atom is -0.379 e. The topological polar surface area (TPSA) is 34.5 Å². The van der Waals surface area contributed by atoms with Gasteiger partial charge in [0.25, 0.3) is 5.56 Å². The van der Waals surface area contributed by atoms with Crippen molar-refractivity contribution in [2.24, 2.45) is 0 Å². The average Bonchev–Trinajstić information content (AvgIpc) is 2.56. The van der Waals surface area contributed by atoms with Crippen molar-refractivity contribution in [3.05, 3.63) is 57.4 Å². The van der Waals surface area contributed by atoms with E-state index in [0.29, 0.717) is 6.54 Å². The number of pyridine rings is 1. The van der Waals surface area contributed by atoms with Crippen LogP contribution in [0.4, 0.5) is 0 Å². The van der Waals surface area contributed by atoms with Crippen LogP contribution in [0, 0.1) is 0 Å². The molecular weight excluding hydrogens is 344 g/mol. The molecule has 5 heteroatoms. The summed E-state index contributed by atoms with van der Waals surface area (Å²) in [7, 11) is 0. The predicted octanol–water partition coefficient (Wildman–Crippen LogP) is 2.61. The van der Waals surface area contributed by atoms with Gasteiger partial charge >= 0.3 is 0 Å². The highest BCUT2D eigenvalue weighted by Crippen LogP contribution is 2.26. The summed E-state index contributed by atoms with van der Waals surface area (Å²) in [5, 5.41) is 0. The lowest BCUT2D eigenvalue weighted by atomic mass is 10.1. The van der Waals surface area contributed by atoms with Crippen LogP contribution >= 0.6 is 15.9 Å². The molecule has 4 nitrogen and oxygen atoms in total. The van der Waals surface area contributed by atoms with Crippen molar-refractivity contribution in [3.63, 3.8) is 0 Å². The third-order valence-corrected chi connectivity index (χ3v) is 4.58. The summed E-state index contributed by atoms with van der Waals surface area (Å²) in [6.07, 6.45) is 1.95. The monoisotopic (exact) mass is 362 g/mol. The quantitative estimate of drug-likeness (QED) is 0.838. The summed E-state index contributed by atoms with van der Waals surface area (Å²) in [6, 6.07) is 11.8. The Morgan fingerprint density at radius 2 is 1.82 bits per heavy atom. The molecule has 0 unspecified atom stereocenters. The molecule has 0 radical (unpaired) electrons. The summed E-state index contributed by atoms with van der Waals surface area (Å²) in [5.41, 5.74) is 2.18. The Labute approximate surface area is 138 Å². The summed E-state index contributed by atoms with van der Waals surface area (Å²) >= 11 is 3.51. The van der Waals surface area contributed by atoms with Crippen molar-refractivity contribution in [1.82, 2.24) is 9.47 Å². The van der Waals surface area contributed by atoms with Gasteiger partial charge in [0.2, 0.25) is 0 Å². The average molecular weight is 363 g/mol. The fourth-order valence-electron chi connectivity index (χ4n) is 2.63. The zero-order valence-corrected chi connectivity index (χ0v) is 14.0. The molecule has 0 bridgehead atoms. The molecule has 3 rings (SSSR count). The van der Waals surface area contributed by atoms with Crippen molar-refractivity contribution in [2.75, 3.05) is 32.8 Å². The molecule has 0 atom stereocenters. The van der Waals surface area contributed by atoms with Crippen molar-refractivity contribution < 1.29 is 4.74 Å². The van der Waals surface area contributed by atoms with Crippen LogP contribution in [0.15, 0.2) is 51.9 Å². The van der Waals surface area contributed by atoms with Gasteiger partial charge in [-0.25, -0.2) is 0 Å². The van der Waals surface area contributed by atoms with E-state index in [1.165, 1.54) is 0 Å². The van der Waals surface area contributed by atoms with E-state index in [2.05, 4.69) is 33.0 Å². The molecule has 1 fully saturated rings. The van der Waals surface area contributed by atoms with E-state index >= 15 is 0 Å². The standard InChI is InChI=1S/C17H19BrN2O2/c18-16-12-17(21)20(7-6-19-8-10-22-11-9-19)13-15(16)14-4-2-1-3-5-14/h1-5,12-13H,6-11H2. The van der Waals surface area contributed by atoms with E-state index < -0.39 is 0 Å². The largest absolute Gasteiger partial charge is 0.379 e. The number of hydrogen-bond donors (Lipinski definition) is 0. The van der Waals surface area contributed by atoms with Gasteiger partial charge in [-0.1, -0.05) is 30.3 Å². The second-order valence-corrected chi connectivity index (χ2v) is 6.24. The number of nitrogens with zero attached hydrogens (tertiary/aromatic N) is 2. The summed E-state index contributed by atoms with van der Waals surface area (Å²) in [4.78, 5) is 14.5. The van der Waals surface area contributed by atoms with E-state index in [1.54, 1.807) is 10.6 Å². The van der Waals surface area contributed by atoms with Gasteiger partial charge in [-0.3, -0.25) is 9.69 Å². The fourth-order valence-corrected chi connectivity index (χ4v) is 3.16. The number of benzene rings is 1. The fraction of sp³-hybridized carbons (Fsp3) is 0.353. The van der Waals surface area contributed by atoms with Gasteiger partial charge in [0.15, 0.2) is 0 Å². The number of rotatable bonds is 4. The molecule has 22 heavy (non-hydrogen) atoms. The minimum absolute atomic E-state index is 0.0276. The molecule has 0 saturated carbocycles. The van der Waals surface area contributed by atoms with E-state index in [9.17, 15) is 4.79 Å². The maximum Gasteiger partial charge on any atom is 0.251 e. The van der Waals surface area contributed by atoms with Crippen LogP contribution in [-0.4, -0.2) is 42.3 Å². The van der Waals surface area contributed by atoms with E-state index in [1.807, 2.05) is 24.4 Å². The Morgan fingerprint density at radius 1 is 1.09 bits per heavy atom. The number of ether oxygens (including phenoxy) is 1. The first kappa shape index (κ1) is 15.5. The van der Waals surface area contributed by atoms with Gasteiger partial charge in [-0.15, -0.1) is 0 Å². The summed E-state index contributed by atoms with van der Waals surface area (Å²) in [5.74, 6) is 0. The third-order valence-electron chi connectivity index (χ3n) is 3.92. The van der Waals surface area contributed by atoms with Crippen LogP contribution in [0.2, 0.25) is 0 Å². The molecule has 0 N–H and O–H groups in total. The first-order valence-corrected chi connectivity index (χ1v) is 8.29. The Balaban J connectivity index is 1.80. The molecule has 0 amide bonds. The molecule has 1 aliphatic rings. The van der Waals surface area contributed by atoms with Gasteiger partial charge in [-0.2, -0.15) is 0 Å². The highest BCUT2D eigenvalue weighted by atomic mass is 79.9. The molecule has 0 spiro atoms. The predicted molar refractivity (Wildman–Crippen MR) is 91.1 cm³/mol. The van der Waals surface area contributed by atoms with Crippen LogP contribution in [0.1, 0.15) is 0 Å². The molecule has 116 valence electrons. The Kier molecular flexibility index (Phi) is 5.08. The molecule has 1 aromatic carbocycles. The molecule has 1 aromatic heterocycles.